The third-order valence-corrected chi connectivity index (χ3v) is 20.1. The first-order valence-electron chi connectivity index (χ1n) is 21.8. The van der Waals surface area contributed by atoms with Crippen LogP contribution >= 0.6 is 0 Å². The number of ether oxygens (including phenoxy) is 2. The zero-order valence-corrected chi connectivity index (χ0v) is 37.3. The molecule has 0 radical (unpaired) electrons. The molecule has 2 unspecified atom stereocenters. The number of piperazine rings is 1. The predicted molar refractivity (Wildman–Crippen MR) is 233 cm³/mol. The Kier molecular flexibility index (Phi) is 10.9. The summed E-state index contributed by atoms with van der Waals surface area (Å²) in [7, 11) is -2.23. The lowest BCUT2D eigenvalue weighted by Crippen LogP contribution is -2.57. The summed E-state index contributed by atoms with van der Waals surface area (Å²) in [6.45, 7) is 22.6. The van der Waals surface area contributed by atoms with Gasteiger partial charge in [-0.1, -0.05) is 71.7 Å². The maximum absolute atomic E-state index is 17.6. The molecule has 0 spiro atoms. The number of rotatable bonds is 8. The number of hydrogen-bond donors (Lipinski definition) is 0. The van der Waals surface area contributed by atoms with E-state index >= 15 is 8.78 Å². The Labute approximate surface area is 349 Å². The molecule has 0 aliphatic carbocycles. The molecule has 2 aromatic heterocycles. The van der Waals surface area contributed by atoms with Gasteiger partial charge >= 0.3 is 12.1 Å². The van der Waals surface area contributed by atoms with E-state index in [-0.39, 0.29) is 46.5 Å². The highest BCUT2D eigenvalue weighted by Gasteiger charge is 2.47. The van der Waals surface area contributed by atoms with Crippen molar-refractivity contribution < 1.29 is 23.0 Å². The zero-order chi connectivity index (χ0) is 42.0. The fourth-order valence-electron chi connectivity index (χ4n) is 11.1. The number of pyridine rings is 1. The van der Waals surface area contributed by atoms with Crippen LogP contribution in [-0.2, 0) is 4.74 Å². The van der Waals surface area contributed by atoms with Gasteiger partial charge in [0.1, 0.15) is 43.1 Å². The number of carbonyl (C=O) groups is 1. The van der Waals surface area contributed by atoms with E-state index in [1.54, 1.807) is 18.3 Å². The van der Waals surface area contributed by atoms with Crippen molar-refractivity contribution in [3.8, 4) is 28.7 Å². The highest BCUT2D eigenvalue weighted by atomic mass is 28.3. The Balaban J connectivity index is 1.25. The van der Waals surface area contributed by atoms with Crippen molar-refractivity contribution in [1.82, 2.24) is 24.8 Å². The maximum Gasteiger partial charge on any atom is 0.410 e. The lowest BCUT2D eigenvalue weighted by Gasteiger charge is -2.42. The number of fused-ring (bicyclic) bond motifs is 5. The SMILES string of the molecule is CC(C)[Si](C#Cc1c(F)ccc2cccc(-c3ncc4c(N5CC6CCC(C5)N6C(=O)OC(C)(C)C)nc(OCC56CCCN5CCC6)nc4c3F)c12)(C(C)C)C(C)C. The molecule has 0 saturated carbocycles. The lowest BCUT2D eigenvalue weighted by atomic mass is 9.95. The molecule has 4 aromatic rings. The summed E-state index contributed by atoms with van der Waals surface area (Å²) in [6.07, 6.45) is 7.33. The summed E-state index contributed by atoms with van der Waals surface area (Å²) in [6, 6.07) is 8.67. The van der Waals surface area contributed by atoms with E-state index in [1.807, 2.05) is 37.8 Å². The summed E-state index contributed by atoms with van der Waals surface area (Å²) in [5, 5.41) is 1.74. The molecule has 12 heteroatoms. The van der Waals surface area contributed by atoms with Gasteiger partial charge in [0.15, 0.2) is 5.82 Å². The number of aromatic nitrogens is 3. The largest absolute Gasteiger partial charge is 0.461 e. The van der Waals surface area contributed by atoms with Crippen molar-refractivity contribution in [2.75, 3.05) is 37.7 Å². The quantitative estimate of drug-likeness (QED) is 0.128. The smallest absolute Gasteiger partial charge is 0.410 e. The van der Waals surface area contributed by atoms with Crippen LogP contribution in [0.4, 0.5) is 19.4 Å². The van der Waals surface area contributed by atoms with Gasteiger partial charge in [-0.15, -0.1) is 5.54 Å². The molecule has 4 aliphatic heterocycles. The first-order valence-corrected chi connectivity index (χ1v) is 24.0. The molecule has 2 aromatic carbocycles. The van der Waals surface area contributed by atoms with E-state index in [2.05, 4.69) is 62.8 Å². The zero-order valence-electron chi connectivity index (χ0n) is 36.3. The minimum absolute atomic E-state index is 0.0653. The molecule has 2 bridgehead atoms. The van der Waals surface area contributed by atoms with Crippen LogP contribution in [0.3, 0.4) is 0 Å². The van der Waals surface area contributed by atoms with Gasteiger partial charge in [0, 0.05) is 30.2 Å². The molecule has 8 rings (SSSR count). The predicted octanol–water partition coefficient (Wildman–Crippen LogP) is 10.3. The number of benzene rings is 2. The van der Waals surface area contributed by atoms with Crippen molar-refractivity contribution in [2.24, 2.45) is 0 Å². The van der Waals surface area contributed by atoms with Crippen LogP contribution in [0, 0.1) is 23.1 Å². The Morgan fingerprint density at radius 3 is 2.24 bits per heavy atom. The first kappa shape index (κ1) is 41.4. The molecular formula is C47H60F2N6O3Si. The molecule has 4 fully saturated rings. The van der Waals surface area contributed by atoms with Crippen LogP contribution in [0.5, 0.6) is 6.01 Å². The van der Waals surface area contributed by atoms with E-state index in [0.717, 1.165) is 57.0 Å². The highest BCUT2D eigenvalue weighted by molar-refractivity contribution is 6.90. The van der Waals surface area contributed by atoms with Gasteiger partial charge in [0.05, 0.1) is 28.6 Å². The summed E-state index contributed by atoms with van der Waals surface area (Å²) in [5.41, 5.74) is 4.98. The van der Waals surface area contributed by atoms with E-state index in [0.29, 0.717) is 58.5 Å². The second-order valence-electron chi connectivity index (χ2n) is 19.4. The fraction of sp³-hybridized carbons (Fsp3) is 0.574. The molecule has 2 atom stereocenters. The standard InChI is InChI=1S/C47H60F2N6O3Si/c1-29(2)59(30(3)4,31(5)6)24-19-35-38(48)18-15-32-13-10-14-36(39(32)35)41-40(49)42-37(25-50-41)43(52-44(51-42)57-28-47-20-11-22-54(47)23-12-21-47)53-26-33-16-17-34(27-53)55(33)45(56)58-46(7,8)9/h10,13-15,18,25,29-31,33-34H,11-12,16-17,20-23,26-28H2,1-9H3. The van der Waals surface area contributed by atoms with Gasteiger partial charge in [0.25, 0.3) is 0 Å². The Morgan fingerprint density at radius 1 is 0.949 bits per heavy atom. The first-order chi connectivity index (χ1) is 28.0. The van der Waals surface area contributed by atoms with Crippen molar-refractivity contribution in [3.05, 3.63) is 53.7 Å². The minimum Gasteiger partial charge on any atom is -0.461 e. The second kappa shape index (κ2) is 15.6. The van der Waals surface area contributed by atoms with Crippen molar-refractivity contribution in [1.29, 1.82) is 0 Å². The number of amides is 1. The summed E-state index contributed by atoms with van der Waals surface area (Å²) in [4.78, 5) is 34.5. The molecule has 9 nitrogen and oxygen atoms in total. The topological polar surface area (TPSA) is 83.9 Å². The third-order valence-electron chi connectivity index (χ3n) is 13.8. The Morgan fingerprint density at radius 2 is 1.61 bits per heavy atom. The van der Waals surface area contributed by atoms with Gasteiger partial charge in [-0.2, -0.15) is 9.97 Å². The second-order valence-corrected chi connectivity index (χ2v) is 25.0. The number of carbonyl (C=O) groups excluding carboxylic acids is 1. The van der Waals surface area contributed by atoms with E-state index in [4.69, 9.17) is 24.4 Å². The van der Waals surface area contributed by atoms with Crippen molar-refractivity contribution in [3.63, 3.8) is 0 Å². The van der Waals surface area contributed by atoms with Gasteiger partial charge in [-0.05, 0) is 100 Å². The van der Waals surface area contributed by atoms with Gasteiger partial charge in [0.2, 0.25) is 0 Å². The molecule has 0 N–H and O–H groups in total. The maximum atomic E-state index is 17.6. The number of nitrogens with zero attached hydrogens (tertiary/aromatic N) is 6. The monoisotopic (exact) mass is 822 g/mol. The van der Waals surface area contributed by atoms with E-state index in [9.17, 15) is 4.79 Å². The Bertz CT molecular complexity index is 2290. The Hall–Kier alpha value is -4.34. The molecule has 314 valence electrons. The normalized spacial score (nSPS) is 20.6. The molecule has 6 heterocycles. The molecule has 4 saturated heterocycles. The van der Waals surface area contributed by atoms with Crippen LogP contribution in [0.25, 0.3) is 32.9 Å². The van der Waals surface area contributed by atoms with E-state index in [1.165, 1.54) is 6.07 Å². The molecule has 59 heavy (non-hydrogen) atoms. The van der Waals surface area contributed by atoms with Crippen LogP contribution in [0.1, 0.15) is 106 Å². The summed E-state index contributed by atoms with van der Waals surface area (Å²) in [5.74, 6) is 2.83. The number of anilines is 1. The molecule has 1 amide bonds. The van der Waals surface area contributed by atoms with Crippen LogP contribution in [0.15, 0.2) is 36.5 Å². The number of halogens is 2. The van der Waals surface area contributed by atoms with Gasteiger partial charge in [-0.3, -0.25) is 14.8 Å². The average Bonchev–Trinajstić information content (AvgIpc) is 3.84. The van der Waals surface area contributed by atoms with Crippen molar-refractivity contribution in [2.45, 2.75) is 141 Å². The molecule has 4 aliphatic rings. The summed E-state index contributed by atoms with van der Waals surface area (Å²) >= 11 is 0. The molecular weight excluding hydrogens is 763 g/mol. The van der Waals surface area contributed by atoms with Crippen molar-refractivity contribution >= 4 is 41.7 Å². The number of hydrogen-bond acceptors (Lipinski definition) is 8. The fourth-order valence-corrected chi connectivity index (χ4v) is 16.3. The van der Waals surface area contributed by atoms with Gasteiger partial charge in [-0.25, -0.2) is 13.6 Å². The lowest BCUT2D eigenvalue weighted by molar-refractivity contribution is 0.0122. The summed E-state index contributed by atoms with van der Waals surface area (Å²) < 4.78 is 46.0. The van der Waals surface area contributed by atoms with Crippen LogP contribution in [0.2, 0.25) is 16.6 Å². The minimum atomic E-state index is -2.23. The third kappa shape index (κ3) is 7.34. The van der Waals surface area contributed by atoms with Crippen LogP contribution < -0.4 is 9.64 Å². The van der Waals surface area contributed by atoms with Crippen LogP contribution in [-0.4, -0.2) is 94.9 Å². The van der Waals surface area contributed by atoms with Gasteiger partial charge < -0.3 is 14.4 Å². The highest BCUT2D eigenvalue weighted by Crippen LogP contribution is 2.43. The average molecular weight is 823 g/mol. The van der Waals surface area contributed by atoms with E-state index < -0.39 is 25.3 Å².